The molecule has 3 heteroatoms. The summed E-state index contributed by atoms with van der Waals surface area (Å²) in [6.07, 6.45) is 5.17. The second kappa shape index (κ2) is 4.63. The van der Waals surface area contributed by atoms with Gasteiger partial charge in [0, 0.05) is 24.6 Å². The lowest BCUT2D eigenvalue weighted by Gasteiger charge is -2.38. The third-order valence-corrected chi connectivity index (χ3v) is 3.58. The van der Waals surface area contributed by atoms with Crippen LogP contribution in [0.5, 0.6) is 0 Å². The van der Waals surface area contributed by atoms with Crippen LogP contribution < -0.4 is 0 Å². The molecule has 2 aliphatic heterocycles. The normalized spacial score (nSPS) is 36.7. The summed E-state index contributed by atoms with van der Waals surface area (Å²) in [6, 6.07) is 1.27. The summed E-state index contributed by atoms with van der Waals surface area (Å²) in [6.45, 7) is 3.09. The number of alkyl halides is 1. The largest absolute Gasteiger partial charge is 0.380 e. The fourth-order valence-corrected chi connectivity index (χ4v) is 2.78. The van der Waals surface area contributed by atoms with Gasteiger partial charge in [-0.05, 0) is 25.8 Å². The van der Waals surface area contributed by atoms with Gasteiger partial charge in [-0.3, -0.25) is 4.90 Å². The zero-order valence-electron chi connectivity index (χ0n) is 8.04. The van der Waals surface area contributed by atoms with E-state index in [4.69, 9.17) is 16.3 Å². The van der Waals surface area contributed by atoms with E-state index in [-0.39, 0.29) is 0 Å². The summed E-state index contributed by atoms with van der Waals surface area (Å²) >= 11 is 5.97. The molecule has 0 amide bonds. The maximum Gasteiger partial charge on any atom is 0.0622 e. The molecule has 76 valence electrons. The zero-order chi connectivity index (χ0) is 9.10. The Hall–Kier alpha value is 0.210. The molecule has 0 spiro atoms. The molecule has 0 aromatic heterocycles. The summed E-state index contributed by atoms with van der Waals surface area (Å²) in [5, 5.41) is 0. The van der Waals surface area contributed by atoms with Crippen LogP contribution in [0.1, 0.15) is 25.7 Å². The summed E-state index contributed by atoms with van der Waals surface area (Å²) in [5.41, 5.74) is 0. The molecule has 2 saturated heterocycles. The highest BCUT2D eigenvalue weighted by molar-refractivity contribution is 6.18. The van der Waals surface area contributed by atoms with Crippen LogP contribution in [0.4, 0.5) is 0 Å². The monoisotopic (exact) mass is 203 g/mol. The van der Waals surface area contributed by atoms with Gasteiger partial charge in [-0.2, -0.15) is 0 Å². The second-order valence-corrected chi connectivity index (χ2v) is 4.37. The average molecular weight is 204 g/mol. The molecule has 0 bridgehead atoms. The molecule has 0 radical (unpaired) electrons. The summed E-state index contributed by atoms with van der Waals surface area (Å²) in [7, 11) is 0. The molecular weight excluding hydrogens is 186 g/mol. The molecule has 2 heterocycles. The van der Waals surface area contributed by atoms with E-state index in [9.17, 15) is 0 Å². The molecule has 0 N–H and O–H groups in total. The van der Waals surface area contributed by atoms with Gasteiger partial charge in [0.1, 0.15) is 0 Å². The Kier molecular flexibility index (Phi) is 3.47. The number of rotatable bonds is 2. The molecule has 2 unspecified atom stereocenters. The highest BCUT2D eigenvalue weighted by Crippen LogP contribution is 2.24. The molecule has 0 aliphatic carbocycles. The van der Waals surface area contributed by atoms with Crippen molar-refractivity contribution in [1.82, 2.24) is 4.90 Å². The molecule has 13 heavy (non-hydrogen) atoms. The maximum absolute atomic E-state index is 5.97. The van der Waals surface area contributed by atoms with Gasteiger partial charge in [-0.25, -0.2) is 0 Å². The van der Waals surface area contributed by atoms with E-state index in [1.54, 1.807) is 0 Å². The number of halogens is 1. The smallest absolute Gasteiger partial charge is 0.0622 e. The van der Waals surface area contributed by atoms with Gasteiger partial charge in [-0.15, -0.1) is 11.6 Å². The van der Waals surface area contributed by atoms with Gasteiger partial charge in [0.05, 0.1) is 6.61 Å². The van der Waals surface area contributed by atoms with Gasteiger partial charge in [0.2, 0.25) is 0 Å². The highest BCUT2D eigenvalue weighted by Gasteiger charge is 2.30. The molecule has 0 saturated carbocycles. The van der Waals surface area contributed by atoms with Crippen molar-refractivity contribution in [2.75, 3.05) is 25.6 Å². The topological polar surface area (TPSA) is 12.5 Å². The Morgan fingerprint density at radius 2 is 2.23 bits per heavy atom. The minimum absolute atomic E-state index is 0.613. The lowest BCUT2D eigenvalue weighted by molar-refractivity contribution is 0.0904. The lowest BCUT2D eigenvalue weighted by Crippen LogP contribution is -2.47. The van der Waals surface area contributed by atoms with Crippen LogP contribution in [0.3, 0.4) is 0 Å². The number of ether oxygens (including phenoxy) is 1. The minimum Gasteiger partial charge on any atom is -0.380 e. The van der Waals surface area contributed by atoms with Crippen molar-refractivity contribution in [3.8, 4) is 0 Å². The summed E-state index contributed by atoms with van der Waals surface area (Å²) in [5.74, 6) is 0.788. The maximum atomic E-state index is 5.97. The van der Waals surface area contributed by atoms with E-state index in [1.807, 2.05) is 0 Å². The predicted molar refractivity (Wildman–Crippen MR) is 54.3 cm³/mol. The summed E-state index contributed by atoms with van der Waals surface area (Å²) in [4.78, 5) is 2.57. The predicted octanol–water partition coefficient (Wildman–Crippen LogP) is 1.87. The van der Waals surface area contributed by atoms with E-state index >= 15 is 0 Å². The molecule has 0 aromatic carbocycles. The summed E-state index contributed by atoms with van der Waals surface area (Å²) < 4.78 is 5.42. The van der Waals surface area contributed by atoms with E-state index in [0.29, 0.717) is 12.1 Å². The van der Waals surface area contributed by atoms with Gasteiger partial charge in [0.15, 0.2) is 0 Å². The zero-order valence-corrected chi connectivity index (χ0v) is 8.80. The highest BCUT2D eigenvalue weighted by atomic mass is 35.5. The molecule has 2 nitrogen and oxygen atoms in total. The SMILES string of the molecule is ClCC1CCCCN1C1CCOC1. The van der Waals surface area contributed by atoms with Crippen molar-refractivity contribution < 1.29 is 4.74 Å². The van der Waals surface area contributed by atoms with Gasteiger partial charge in [0.25, 0.3) is 0 Å². The number of hydrogen-bond donors (Lipinski definition) is 0. The molecule has 2 aliphatic rings. The number of likely N-dealkylation sites (tertiary alicyclic amines) is 1. The van der Waals surface area contributed by atoms with Crippen LogP contribution in [0.25, 0.3) is 0 Å². The van der Waals surface area contributed by atoms with E-state index in [0.717, 1.165) is 19.1 Å². The van der Waals surface area contributed by atoms with Crippen molar-refractivity contribution in [2.24, 2.45) is 0 Å². The molecular formula is C10H18ClNO. The Labute approximate surface area is 85.2 Å². The standard InChI is InChI=1S/C10H18ClNO/c11-7-9-3-1-2-5-12(9)10-4-6-13-8-10/h9-10H,1-8H2. The van der Waals surface area contributed by atoms with Crippen LogP contribution >= 0.6 is 11.6 Å². The van der Waals surface area contributed by atoms with Crippen molar-refractivity contribution in [3.63, 3.8) is 0 Å². The van der Waals surface area contributed by atoms with Gasteiger partial charge < -0.3 is 4.74 Å². The Morgan fingerprint density at radius 3 is 2.92 bits per heavy atom. The molecule has 2 fully saturated rings. The van der Waals surface area contributed by atoms with Crippen molar-refractivity contribution in [2.45, 2.75) is 37.8 Å². The lowest BCUT2D eigenvalue weighted by atomic mass is 10.0. The van der Waals surface area contributed by atoms with E-state index in [1.165, 1.54) is 32.2 Å². The van der Waals surface area contributed by atoms with E-state index < -0.39 is 0 Å². The minimum atomic E-state index is 0.613. The van der Waals surface area contributed by atoms with Crippen LogP contribution in [0.15, 0.2) is 0 Å². The number of piperidine rings is 1. The van der Waals surface area contributed by atoms with Crippen molar-refractivity contribution >= 4 is 11.6 Å². The number of nitrogens with zero attached hydrogens (tertiary/aromatic N) is 1. The second-order valence-electron chi connectivity index (χ2n) is 4.06. The third kappa shape index (κ3) is 2.17. The number of hydrogen-bond acceptors (Lipinski definition) is 2. The van der Waals surface area contributed by atoms with E-state index in [2.05, 4.69) is 4.90 Å². The van der Waals surface area contributed by atoms with Crippen LogP contribution in [-0.2, 0) is 4.74 Å². The Bertz CT molecular complexity index is 157. The average Bonchev–Trinajstić information content (AvgIpc) is 2.70. The van der Waals surface area contributed by atoms with Gasteiger partial charge in [-0.1, -0.05) is 6.42 Å². The quantitative estimate of drug-likeness (QED) is 0.636. The Morgan fingerprint density at radius 1 is 1.31 bits per heavy atom. The fourth-order valence-electron chi connectivity index (χ4n) is 2.45. The van der Waals surface area contributed by atoms with Crippen molar-refractivity contribution in [3.05, 3.63) is 0 Å². The Balaban J connectivity index is 1.93. The molecule has 2 rings (SSSR count). The first-order chi connectivity index (χ1) is 6.42. The van der Waals surface area contributed by atoms with Crippen LogP contribution in [0.2, 0.25) is 0 Å². The molecule has 0 aromatic rings. The van der Waals surface area contributed by atoms with Crippen LogP contribution in [-0.4, -0.2) is 42.6 Å². The third-order valence-electron chi connectivity index (χ3n) is 3.23. The van der Waals surface area contributed by atoms with Gasteiger partial charge >= 0.3 is 0 Å². The first kappa shape index (κ1) is 9.75. The van der Waals surface area contributed by atoms with Crippen LogP contribution in [0, 0.1) is 0 Å². The first-order valence-electron chi connectivity index (χ1n) is 5.31. The fraction of sp³-hybridized carbons (Fsp3) is 1.00. The first-order valence-corrected chi connectivity index (χ1v) is 5.84. The molecule has 2 atom stereocenters. The van der Waals surface area contributed by atoms with Crippen molar-refractivity contribution in [1.29, 1.82) is 0 Å².